The Morgan fingerprint density at radius 3 is 1.69 bits per heavy atom. The molecular formula is C18H21ClFN5O. The number of ether oxygens (including phenoxy) is 1. The highest BCUT2D eigenvalue weighted by Crippen LogP contribution is 2.28. The van der Waals surface area contributed by atoms with Crippen molar-refractivity contribution >= 4 is 35.7 Å². The quantitative estimate of drug-likeness (QED) is 0.674. The molecule has 138 valence electrons. The molecule has 1 heterocycles. The SMILES string of the molecule is COc1ccc(N(C)c2nnc(N(C)c3ccc(F)cc3)n2C)cc1.Cl. The Hall–Kier alpha value is -2.80. The van der Waals surface area contributed by atoms with Gasteiger partial charge in [-0.3, -0.25) is 4.57 Å². The molecule has 1 aromatic heterocycles. The number of methoxy groups -OCH3 is 1. The molecule has 0 unspecified atom stereocenters. The number of hydrogen-bond donors (Lipinski definition) is 0. The molecule has 0 aliphatic rings. The molecule has 0 spiro atoms. The number of hydrogen-bond acceptors (Lipinski definition) is 5. The van der Waals surface area contributed by atoms with Gasteiger partial charge in [-0.05, 0) is 48.5 Å². The van der Waals surface area contributed by atoms with E-state index < -0.39 is 0 Å². The van der Waals surface area contributed by atoms with Crippen LogP contribution in [0.25, 0.3) is 0 Å². The number of anilines is 4. The van der Waals surface area contributed by atoms with E-state index in [1.54, 1.807) is 19.2 Å². The largest absolute Gasteiger partial charge is 0.497 e. The zero-order chi connectivity index (χ0) is 18.0. The molecule has 0 radical (unpaired) electrons. The van der Waals surface area contributed by atoms with Gasteiger partial charge in [0.2, 0.25) is 11.9 Å². The molecule has 0 amide bonds. The van der Waals surface area contributed by atoms with Gasteiger partial charge in [0, 0.05) is 32.5 Å². The van der Waals surface area contributed by atoms with Crippen LogP contribution in [0.4, 0.5) is 27.7 Å². The van der Waals surface area contributed by atoms with E-state index >= 15 is 0 Å². The van der Waals surface area contributed by atoms with Crippen LogP contribution >= 0.6 is 12.4 Å². The highest BCUT2D eigenvalue weighted by Gasteiger charge is 2.17. The summed E-state index contributed by atoms with van der Waals surface area (Å²) in [4.78, 5) is 3.80. The van der Waals surface area contributed by atoms with Crippen LogP contribution in [0.3, 0.4) is 0 Å². The highest BCUT2D eigenvalue weighted by atomic mass is 35.5. The van der Waals surface area contributed by atoms with Gasteiger partial charge in [0.1, 0.15) is 11.6 Å². The first-order chi connectivity index (χ1) is 12.0. The third kappa shape index (κ3) is 3.72. The summed E-state index contributed by atoms with van der Waals surface area (Å²) in [5.41, 5.74) is 1.79. The molecule has 2 aromatic carbocycles. The van der Waals surface area contributed by atoms with Gasteiger partial charge in [0.05, 0.1) is 7.11 Å². The lowest BCUT2D eigenvalue weighted by Gasteiger charge is -2.21. The van der Waals surface area contributed by atoms with Crippen molar-refractivity contribution in [3.05, 3.63) is 54.3 Å². The summed E-state index contributed by atoms with van der Waals surface area (Å²) in [7, 11) is 7.32. The summed E-state index contributed by atoms with van der Waals surface area (Å²) in [6.45, 7) is 0. The second-order valence-electron chi connectivity index (χ2n) is 5.65. The van der Waals surface area contributed by atoms with Gasteiger partial charge >= 0.3 is 0 Å². The van der Waals surface area contributed by atoms with E-state index in [4.69, 9.17) is 4.74 Å². The van der Waals surface area contributed by atoms with Gasteiger partial charge < -0.3 is 14.5 Å². The van der Waals surface area contributed by atoms with Crippen LogP contribution in [0.15, 0.2) is 48.5 Å². The van der Waals surface area contributed by atoms with Gasteiger partial charge in [0.25, 0.3) is 0 Å². The Kier molecular flexibility index (Phi) is 6.05. The average Bonchev–Trinajstić information content (AvgIpc) is 3.02. The van der Waals surface area contributed by atoms with E-state index in [1.807, 2.05) is 59.8 Å². The maximum Gasteiger partial charge on any atom is 0.232 e. The molecule has 0 bridgehead atoms. The van der Waals surface area contributed by atoms with Crippen molar-refractivity contribution < 1.29 is 9.13 Å². The van der Waals surface area contributed by atoms with Crippen LogP contribution in [0, 0.1) is 5.82 Å². The molecule has 3 aromatic rings. The molecule has 0 saturated heterocycles. The second-order valence-corrected chi connectivity index (χ2v) is 5.65. The number of aromatic nitrogens is 3. The van der Waals surface area contributed by atoms with E-state index in [1.165, 1.54) is 12.1 Å². The van der Waals surface area contributed by atoms with Crippen LogP contribution in [-0.4, -0.2) is 36.0 Å². The van der Waals surface area contributed by atoms with Crippen molar-refractivity contribution in [2.75, 3.05) is 31.0 Å². The summed E-state index contributed by atoms with van der Waals surface area (Å²) in [5, 5.41) is 8.56. The maximum atomic E-state index is 13.1. The first-order valence-electron chi connectivity index (χ1n) is 7.77. The van der Waals surface area contributed by atoms with Crippen molar-refractivity contribution in [1.82, 2.24) is 14.8 Å². The lowest BCUT2D eigenvalue weighted by molar-refractivity contribution is 0.415. The predicted molar refractivity (Wildman–Crippen MR) is 104 cm³/mol. The molecule has 0 aliphatic heterocycles. The minimum atomic E-state index is -0.268. The average molecular weight is 378 g/mol. The van der Waals surface area contributed by atoms with Crippen molar-refractivity contribution in [3.8, 4) is 5.75 Å². The van der Waals surface area contributed by atoms with E-state index in [0.717, 1.165) is 17.1 Å². The minimum Gasteiger partial charge on any atom is -0.497 e. The van der Waals surface area contributed by atoms with Crippen molar-refractivity contribution in [2.24, 2.45) is 7.05 Å². The lowest BCUT2D eigenvalue weighted by atomic mass is 10.3. The van der Waals surface area contributed by atoms with Crippen LogP contribution in [0.5, 0.6) is 5.75 Å². The standard InChI is InChI=1S/C18H20FN5O.ClH/c1-22(14-7-5-13(19)6-8-14)17-20-21-18(24(17)3)23(2)15-9-11-16(25-4)12-10-15;/h5-12H,1-4H3;1H. The van der Waals surface area contributed by atoms with Crippen molar-refractivity contribution in [2.45, 2.75) is 0 Å². The van der Waals surface area contributed by atoms with Gasteiger partial charge in [0.15, 0.2) is 0 Å². The van der Waals surface area contributed by atoms with Gasteiger partial charge in [-0.25, -0.2) is 4.39 Å². The number of rotatable bonds is 5. The third-order valence-electron chi connectivity index (χ3n) is 4.10. The van der Waals surface area contributed by atoms with E-state index in [9.17, 15) is 4.39 Å². The summed E-state index contributed by atoms with van der Waals surface area (Å²) >= 11 is 0. The zero-order valence-electron chi connectivity index (χ0n) is 15.0. The summed E-state index contributed by atoms with van der Waals surface area (Å²) in [6.07, 6.45) is 0. The smallest absolute Gasteiger partial charge is 0.232 e. The molecule has 0 N–H and O–H groups in total. The molecule has 8 heteroatoms. The fraction of sp³-hybridized carbons (Fsp3) is 0.222. The monoisotopic (exact) mass is 377 g/mol. The Bertz CT molecular complexity index is 851. The van der Waals surface area contributed by atoms with Crippen LogP contribution < -0.4 is 14.5 Å². The first-order valence-corrected chi connectivity index (χ1v) is 7.77. The van der Waals surface area contributed by atoms with Crippen LogP contribution in [0.1, 0.15) is 0 Å². The van der Waals surface area contributed by atoms with Crippen molar-refractivity contribution in [3.63, 3.8) is 0 Å². The normalized spacial score (nSPS) is 10.2. The van der Waals surface area contributed by atoms with Gasteiger partial charge in [-0.15, -0.1) is 22.6 Å². The minimum absolute atomic E-state index is 0. The molecule has 0 saturated carbocycles. The van der Waals surface area contributed by atoms with E-state index in [-0.39, 0.29) is 18.2 Å². The van der Waals surface area contributed by atoms with Crippen molar-refractivity contribution in [1.29, 1.82) is 0 Å². The molecule has 3 rings (SSSR count). The van der Waals surface area contributed by atoms with Gasteiger partial charge in [-0.2, -0.15) is 0 Å². The van der Waals surface area contributed by atoms with E-state index in [2.05, 4.69) is 10.2 Å². The fourth-order valence-electron chi connectivity index (χ4n) is 2.60. The topological polar surface area (TPSA) is 46.4 Å². The van der Waals surface area contributed by atoms with E-state index in [0.29, 0.717) is 11.9 Å². The summed E-state index contributed by atoms with van der Waals surface area (Å²) in [5.74, 6) is 1.87. The molecule has 0 aliphatic carbocycles. The Morgan fingerprint density at radius 2 is 1.27 bits per heavy atom. The molecule has 0 fully saturated rings. The Balaban J connectivity index is 0.00000243. The molecule has 26 heavy (non-hydrogen) atoms. The highest BCUT2D eigenvalue weighted by molar-refractivity contribution is 5.85. The third-order valence-corrected chi connectivity index (χ3v) is 4.10. The molecule has 0 atom stereocenters. The lowest BCUT2D eigenvalue weighted by Crippen LogP contribution is -2.18. The number of nitrogens with zero attached hydrogens (tertiary/aromatic N) is 5. The number of halogens is 2. The summed E-state index contributed by atoms with van der Waals surface area (Å²) in [6, 6.07) is 14.0. The Labute approximate surface area is 158 Å². The Morgan fingerprint density at radius 1 is 0.846 bits per heavy atom. The molecular weight excluding hydrogens is 357 g/mol. The van der Waals surface area contributed by atoms with Crippen LogP contribution in [-0.2, 0) is 7.05 Å². The zero-order valence-corrected chi connectivity index (χ0v) is 15.9. The maximum absolute atomic E-state index is 13.1. The molecule has 6 nitrogen and oxygen atoms in total. The first kappa shape index (κ1) is 19.5. The van der Waals surface area contributed by atoms with Crippen LogP contribution in [0.2, 0.25) is 0 Å². The fourth-order valence-corrected chi connectivity index (χ4v) is 2.60. The summed E-state index contributed by atoms with van der Waals surface area (Å²) < 4.78 is 20.2. The predicted octanol–water partition coefficient (Wildman–Crippen LogP) is 3.92. The second kappa shape index (κ2) is 8.05. The van der Waals surface area contributed by atoms with Gasteiger partial charge in [-0.1, -0.05) is 0 Å². The number of benzene rings is 2.